The highest BCUT2D eigenvalue weighted by Gasteiger charge is 2.13. The van der Waals surface area contributed by atoms with Crippen LogP contribution in [0, 0.1) is 26.7 Å². The van der Waals surface area contributed by atoms with Crippen molar-refractivity contribution in [2.45, 2.75) is 34.1 Å². The Balaban J connectivity index is 2.86. The fourth-order valence-electron chi connectivity index (χ4n) is 2.88. The van der Waals surface area contributed by atoms with Crippen molar-refractivity contribution in [2.75, 3.05) is 32.1 Å². The van der Waals surface area contributed by atoms with Gasteiger partial charge in [-0.2, -0.15) is 0 Å². The van der Waals surface area contributed by atoms with Gasteiger partial charge in [0.1, 0.15) is 0 Å². The molecule has 1 unspecified atom stereocenters. The van der Waals surface area contributed by atoms with E-state index in [1.54, 1.807) is 0 Å². The van der Waals surface area contributed by atoms with Crippen LogP contribution >= 0.6 is 0 Å². The lowest BCUT2D eigenvalue weighted by Gasteiger charge is -2.28. The van der Waals surface area contributed by atoms with Gasteiger partial charge >= 0.3 is 0 Å². The number of anilines is 1. The van der Waals surface area contributed by atoms with Gasteiger partial charge in [0, 0.05) is 19.3 Å². The van der Waals surface area contributed by atoms with Crippen molar-refractivity contribution in [3.8, 4) is 0 Å². The van der Waals surface area contributed by atoms with Crippen molar-refractivity contribution in [1.82, 2.24) is 5.32 Å². The summed E-state index contributed by atoms with van der Waals surface area (Å²) in [5.74, 6) is 0.708. The van der Waals surface area contributed by atoms with Gasteiger partial charge in [0.15, 0.2) is 0 Å². The largest absolute Gasteiger partial charge is 0.374 e. The van der Waals surface area contributed by atoms with E-state index in [0.717, 1.165) is 13.1 Å². The number of hydrogen-bond acceptors (Lipinski definition) is 2. The van der Waals surface area contributed by atoms with Crippen molar-refractivity contribution < 1.29 is 0 Å². The molecule has 1 atom stereocenters. The van der Waals surface area contributed by atoms with Crippen LogP contribution < -0.4 is 10.2 Å². The van der Waals surface area contributed by atoms with E-state index in [9.17, 15) is 0 Å². The fourth-order valence-corrected chi connectivity index (χ4v) is 2.88. The molecule has 0 heterocycles. The lowest BCUT2D eigenvalue weighted by Crippen LogP contribution is -2.31. The molecule has 18 heavy (non-hydrogen) atoms. The summed E-state index contributed by atoms with van der Waals surface area (Å²) in [6, 6.07) is 4.55. The zero-order valence-corrected chi connectivity index (χ0v) is 12.8. The number of hydrogen-bond donors (Lipinski definition) is 1. The Hall–Kier alpha value is -1.02. The molecule has 102 valence electrons. The van der Waals surface area contributed by atoms with Crippen molar-refractivity contribution in [3.63, 3.8) is 0 Å². The molecule has 0 amide bonds. The van der Waals surface area contributed by atoms with E-state index >= 15 is 0 Å². The second-order valence-corrected chi connectivity index (χ2v) is 5.46. The standard InChI is InChI=1S/C16H28N2/c1-7-15(10-17-5)11-18(6)16-13(3)8-12(2)9-14(16)4/h8-9,15,17H,7,10-11H2,1-6H3. The lowest BCUT2D eigenvalue weighted by molar-refractivity contribution is 0.484. The Morgan fingerprint density at radius 3 is 2.17 bits per heavy atom. The molecule has 1 aromatic rings. The molecule has 0 aromatic heterocycles. The molecule has 2 nitrogen and oxygen atoms in total. The van der Waals surface area contributed by atoms with Crippen LogP contribution in [0.2, 0.25) is 0 Å². The topological polar surface area (TPSA) is 15.3 Å². The van der Waals surface area contributed by atoms with Crippen LogP contribution in [0.5, 0.6) is 0 Å². The van der Waals surface area contributed by atoms with Crippen LogP contribution in [0.3, 0.4) is 0 Å². The number of aryl methyl sites for hydroxylation is 3. The van der Waals surface area contributed by atoms with Crippen LogP contribution in [0.25, 0.3) is 0 Å². The SMILES string of the molecule is CCC(CNC)CN(C)c1c(C)cc(C)cc1C. The highest BCUT2D eigenvalue weighted by molar-refractivity contribution is 5.59. The van der Waals surface area contributed by atoms with E-state index < -0.39 is 0 Å². The van der Waals surface area contributed by atoms with E-state index in [4.69, 9.17) is 0 Å². The molecule has 0 aliphatic heterocycles. The number of nitrogens with zero attached hydrogens (tertiary/aromatic N) is 1. The first-order chi connectivity index (χ1) is 8.49. The number of nitrogens with one attached hydrogen (secondary N) is 1. The molecule has 0 saturated heterocycles. The Morgan fingerprint density at radius 2 is 1.72 bits per heavy atom. The summed E-state index contributed by atoms with van der Waals surface area (Å²) in [7, 11) is 4.24. The van der Waals surface area contributed by atoms with Crippen LogP contribution in [-0.2, 0) is 0 Å². The van der Waals surface area contributed by atoms with Crippen LogP contribution in [0.4, 0.5) is 5.69 Å². The minimum atomic E-state index is 0.708. The average Bonchev–Trinajstić information content (AvgIpc) is 2.26. The summed E-state index contributed by atoms with van der Waals surface area (Å²) >= 11 is 0. The van der Waals surface area contributed by atoms with Crippen LogP contribution in [0.1, 0.15) is 30.0 Å². The Bertz CT molecular complexity index is 362. The van der Waals surface area contributed by atoms with Gasteiger partial charge in [-0.25, -0.2) is 0 Å². The van der Waals surface area contributed by atoms with Gasteiger partial charge in [-0.1, -0.05) is 31.0 Å². The molecule has 0 aliphatic carbocycles. The zero-order chi connectivity index (χ0) is 13.7. The van der Waals surface area contributed by atoms with Gasteiger partial charge in [0.2, 0.25) is 0 Å². The lowest BCUT2D eigenvalue weighted by atomic mass is 10.0. The number of benzene rings is 1. The average molecular weight is 248 g/mol. The maximum atomic E-state index is 3.29. The minimum absolute atomic E-state index is 0.708. The molecule has 0 saturated carbocycles. The molecule has 0 fully saturated rings. The van der Waals surface area contributed by atoms with Crippen molar-refractivity contribution in [2.24, 2.45) is 5.92 Å². The maximum Gasteiger partial charge on any atom is 0.0423 e. The predicted molar refractivity (Wildman–Crippen MR) is 81.6 cm³/mol. The fraction of sp³-hybridized carbons (Fsp3) is 0.625. The number of rotatable bonds is 6. The first kappa shape index (κ1) is 15.0. The van der Waals surface area contributed by atoms with Crippen molar-refractivity contribution in [1.29, 1.82) is 0 Å². The van der Waals surface area contributed by atoms with Crippen LogP contribution in [-0.4, -0.2) is 27.2 Å². The molecular formula is C16H28N2. The molecule has 1 rings (SSSR count). The van der Waals surface area contributed by atoms with Gasteiger partial charge < -0.3 is 10.2 Å². The molecule has 0 spiro atoms. The third-order valence-corrected chi connectivity index (χ3v) is 3.62. The summed E-state index contributed by atoms with van der Waals surface area (Å²) < 4.78 is 0. The molecular weight excluding hydrogens is 220 g/mol. The van der Waals surface area contributed by atoms with Gasteiger partial charge in [-0.15, -0.1) is 0 Å². The molecule has 0 radical (unpaired) electrons. The third-order valence-electron chi connectivity index (χ3n) is 3.62. The van der Waals surface area contributed by atoms with Gasteiger partial charge in [0.05, 0.1) is 0 Å². The summed E-state index contributed by atoms with van der Waals surface area (Å²) in [4.78, 5) is 2.41. The summed E-state index contributed by atoms with van der Waals surface area (Å²) in [5.41, 5.74) is 5.52. The monoisotopic (exact) mass is 248 g/mol. The minimum Gasteiger partial charge on any atom is -0.374 e. The normalized spacial score (nSPS) is 12.6. The zero-order valence-electron chi connectivity index (χ0n) is 12.8. The van der Waals surface area contributed by atoms with E-state index in [1.807, 2.05) is 7.05 Å². The van der Waals surface area contributed by atoms with Gasteiger partial charge in [-0.05, 0) is 51.4 Å². The summed E-state index contributed by atoms with van der Waals surface area (Å²) in [5, 5.41) is 3.29. The van der Waals surface area contributed by atoms with Gasteiger partial charge in [-0.3, -0.25) is 0 Å². The molecule has 0 bridgehead atoms. The Labute approximate surface area is 112 Å². The second-order valence-electron chi connectivity index (χ2n) is 5.46. The van der Waals surface area contributed by atoms with Gasteiger partial charge in [0.25, 0.3) is 0 Å². The molecule has 1 aromatic carbocycles. The van der Waals surface area contributed by atoms with Crippen molar-refractivity contribution in [3.05, 3.63) is 28.8 Å². The van der Waals surface area contributed by atoms with E-state index in [0.29, 0.717) is 5.92 Å². The first-order valence-electron chi connectivity index (χ1n) is 6.93. The highest BCUT2D eigenvalue weighted by atomic mass is 15.1. The summed E-state index contributed by atoms with van der Waals surface area (Å²) in [6.45, 7) is 11.1. The second kappa shape index (κ2) is 6.79. The summed E-state index contributed by atoms with van der Waals surface area (Å²) in [6.07, 6.45) is 1.22. The maximum absolute atomic E-state index is 3.29. The molecule has 1 N–H and O–H groups in total. The molecule has 0 aliphatic rings. The van der Waals surface area contributed by atoms with E-state index in [-0.39, 0.29) is 0 Å². The van der Waals surface area contributed by atoms with E-state index in [1.165, 1.54) is 28.8 Å². The first-order valence-corrected chi connectivity index (χ1v) is 6.93. The smallest absolute Gasteiger partial charge is 0.0423 e. The Morgan fingerprint density at radius 1 is 1.17 bits per heavy atom. The predicted octanol–water partition coefficient (Wildman–Crippen LogP) is 3.29. The highest BCUT2D eigenvalue weighted by Crippen LogP contribution is 2.26. The quantitative estimate of drug-likeness (QED) is 0.831. The van der Waals surface area contributed by atoms with Crippen LogP contribution in [0.15, 0.2) is 12.1 Å². The van der Waals surface area contributed by atoms with Crippen molar-refractivity contribution >= 4 is 5.69 Å². The Kier molecular flexibility index (Phi) is 5.67. The third kappa shape index (κ3) is 3.74. The molecule has 2 heteroatoms. The van der Waals surface area contributed by atoms with E-state index in [2.05, 4.69) is 57.1 Å².